The van der Waals surface area contributed by atoms with Gasteiger partial charge in [0.2, 0.25) is 5.91 Å². The van der Waals surface area contributed by atoms with Gasteiger partial charge in [0.25, 0.3) is 0 Å². The molecule has 1 amide bonds. The SMILES string of the molecule is CSC1NC(=O)C(C#N)C(c2ccc(C)cc2)N1. The molecule has 2 rings (SSSR count). The van der Waals surface area contributed by atoms with E-state index in [9.17, 15) is 4.79 Å². The van der Waals surface area contributed by atoms with Crippen LogP contribution < -0.4 is 10.6 Å². The number of benzene rings is 1. The first-order valence-electron chi connectivity index (χ1n) is 5.71. The molecule has 5 heteroatoms. The standard InChI is InChI=1S/C13H15N3OS/c1-8-3-5-9(6-4-8)11-10(7-14)12(17)16-13(15-11)18-2/h3-6,10-11,13,15H,1-2H3,(H,16,17). The van der Waals surface area contributed by atoms with Crippen molar-refractivity contribution in [1.29, 1.82) is 5.26 Å². The maximum atomic E-state index is 11.9. The molecule has 18 heavy (non-hydrogen) atoms. The van der Waals surface area contributed by atoms with Gasteiger partial charge in [0.1, 0.15) is 11.4 Å². The number of carbonyl (C=O) groups is 1. The fraction of sp³-hybridized carbons (Fsp3) is 0.385. The minimum atomic E-state index is -0.684. The van der Waals surface area contributed by atoms with Crippen LogP contribution in [-0.2, 0) is 4.79 Å². The normalized spacial score (nSPS) is 27.4. The zero-order chi connectivity index (χ0) is 13.1. The van der Waals surface area contributed by atoms with E-state index in [1.807, 2.05) is 37.4 Å². The van der Waals surface area contributed by atoms with Crippen LogP contribution in [0.15, 0.2) is 24.3 Å². The molecule has 0 saturated carbocycles. The number of rotatable bonds is 2. The summed E-state index contributed by atoms with van der Waals surface area (Å²) in [6.45, 7) is 2.01. The van der Waals surface area contributed by atoms with Crippen LogP contribution in [-0.4, -0.2) is 17.7 Å². The van der Waals surface area contributed by atoms with E-state index in [-0.39, 0.29) is 17.4 Å². The highest BCUT2D eigenvalue weighted by Gasteiger charge is 2.36. The first-order chi connectivity index (χ1) is 8.65. The predicted octanol–water partition coefficient (Wildman–Crippen LogP) is 1.54. The van der Waals surface area contributed by atoms with Crippen LogP contribution in [0.3, 0.4) is 0 Å². The molecule has 94 valence electrons. The largest absolute Gasteiger partial charge is 0.331 e. The molecule has 0 bridgehead atoms. The average Bonchev–Trinajstić information content (AvgIpc) is 2.38. The molecule has 1 saturated heterocycles. The molecule has 0 spiro atoms. The smallest absolute Gasteiger partial charge is 0.241 e. The van der Waals surface area contributed by atoms with Crippen LogP contribution in [0.2, 0.25) is 0 Å². The summed E-state index contributed by atoms with van der Waals surface area (Å²) in [6, 6.07) is 9.74. The van der Waals surface area contributed by atoms with Crippen molar-refractivity contribution >= 4 is 17.7 Å². The van der Waals surface area contributed by atoms with Gasteiger partial charge in [-0.3, -0.25) is 10.1 Å². The van der Waals surface area contributed by atoms with Crippen molar-refractivity contribution in [3.8, 4) is 6.07 Å². The Labute approximate surface area is 111 Å². The zero-order valence-corrected chi connectivity index (χ0v) is 11.1. The summed E-state index contributed by atoms with van der Waals surface area (Å²) in [5.41, 5.74) is 1.99. The van der Waals surface area contributed by atoms with Gasteiger partial charge in [-0.15, -0.1) is 11.8 Å². The summed E-state index contributed by atoms with van der Waals surface area (Å²) < 4.78 is 0. The highest BCUT2D eigenvalue weighted by atomic mass is 32.2. The van der Waals surface area contributed by atoms with Crippen LogP contribution in [0.25, 0.3) is 0 Å². The third-order valence-corrected chi connectivity index (χ3v) is 3.76. The van der Waals surface area contributed by atoms with Crippen molar-refractivity contribution in [2.75, 3.05) is 6.26 Å². The Kier molecular flexibility index (Phi) is 3.90. The molecule has 0 aromatic heterocycles. The summed E-state index contributed by atoms with van der Waals surface area (Å²) in [5, 5.41) is 15.2. The second-order valence-electron chi connectivity index (χ2n) is 4.29. The molecule has 1 aliphatic rings. The molecule has 1 heterocycles. The first-order valence-corrected chi connectivity index (χ1v) is 7.00. The number of nitrogens with zero attached hydrogens (tertiary/aromatic N) is 1. The van der Waals surface area contributed by atoms with Crippen LogP contribution in [0.1, 0.15) is 17.2 Å². The molecule has 0 radical (unpaired) electrons. The van der Waals surface area contributed by atoms with Crippen molar-refractivity contribution in [3.05, 3.63) is 35.4 Å². The Bertz CT molecular complexity index is 480. The van der Waals surface area contributed by atoms with Gasteiger partial charge < -0.3 is 5.32 Å². The van der Waals surface area contributed by atoms with E-state index in [2.05, 4.69) is 16.7 Å². The fourth-order valence-corrected chi connectivity index (χ4v) is 2.51. The molecular weight excluding hydrogens is 246 g/mol. The monoisotopic (exact) mass is 261 g/mol. The lowest BCUT2D eigenvalue weighted by Crippen LogP contribution is -2.55. The second-order valence-corrected chi connectivity index (χ2v) is 5.23. The molecule has 4 nitrogen and oxygen atoms in total. The maximum absolute atomic E-state index is 11.9. The maximum Gasteiger partial charge on any atom is 0.241 e. The zero-order valence-electron chi connectivity index (χ0n) is 10.3. The van der Waals surface area contributed by atoms with Crippen molar-refractivity contribution in [2.24, 2.45) is 5.92 Å². The molecule has 3 unspecified atom stereocenters. The van der Waals surface area contributed by atoms with Crippen LogP contribution in [0.4, 0.5) is 0 Å². The van der Waals surface area contributed by atoms with Gasteiger partial charge >= 0.3 is 0 Å². The van der Waals surface area contributed by atoms with E-state index in [0.717, 1.165) is 11.1 Å². The number of nitriles is 1. The lowest BCUT2D eigenvalue weighted by atomic mass is 9.91. The summed E-state index contributed by atoms with van der Waals surface area (Å²) >= 11 is 1.51. The first kappa shape index (κ1) is 12.9. The second kappa shape index (κ2) is 5.42. The van der Waals surface area contributed by atoms with Crippen molar-refractivity contribution in [2.45, 2.75) is 18.5 Å². The Morgan fingerprint density at radius 3 is 2.56 bits per heavy atom. The number of hydrogen-bond acceptors (Lipinski definition) is 4. The molecule has 1 aromatic carbocycles. The van der Waals surface area contributed by atoms with Gasteiger partial charge in [-0.2, -0.15) is 5.26 Å². The summed E-state index contributed by atoms with van der Waals surface area (Å²) in [6.07, 6.45) is 1.91. The highest BCUT2D eigenvalue weighted by Crippen LogP contribution is 2.27. The molecular formula is C13H15N3OS. The predicted molar refractivity (Wildman–Crippen MR) is 71.6 cm³/mol. The summed E-state index contributed by atoms with van der Waals surface area (Å²) in [7, 11) is 0. The van der Waals surface area contributed by atoms with E-state index in [0.29, 0.717) is 0 Å². The van der Waals surface area contributed by atoms with Crippen molar-refractivity contribution in [3.63, 3.8) is 0 Å². The van der Waals surface area contributed by atoms with Crippen LogP contribution in [0.5, 0.6) is 0 Å². The molecule has 3 atom stereocenters. The number of aryl methyl sites for hydroxylation is 1. The topological polar surface area (TPSA) is 64.9 Å². The molecule has 0 aliphatic carbocycles. The number of amides is 1. The van der Waals surface area contributed by atoms with Gasteiger partial charge in [0.15, 0.2) is 0 Å². The lowest BCUT2D eigenvalue weighted by molar-refractivity contribution is -0.126. The number of hydrogen-bond donors (Lipinski definition) is 2. The average molecular weight is 261 g/mol. The molecule has 1 aliphatic heterocycles. The Balaban J connectivity index is 2.30. The number of nitrogens with one attached hydrogen (secondary N) is 2. The summed E-state index contributed by atoms with van der Waals surface area (Å²) in [4.78, 5) is 11.9. The minimum absolute atomic E-state index is 0.145. The molecule has 1 fully saturated rings. The summed E-state index contributed by atoms with van der Waals surface area (Å²) in [5.74, 6) is -0.891. The van der Waals surface area contributed by atoms with Crippen LogP contribution >= 0.6 is 11.8 Å². The quantitative estimate of drug-likeness (QED) is 0.847. The van der Waals surface area contributed by atoms with Gasteiger partial charge in [0, 0.05) is 0 Å². The van der Waals surface area contributed by atoms with E-state index >= 15 is 0 Å². The van der Waals surface area contributed by atoms with E-state index in [4.69, 9.17) is 5.26 Å². The minimum Gasteiger partial charge on any atom is -0.331 e. The molecule has 2 N–H and O–H groups in total. The lowest BCUT2D eigenvalue weighted by Gasteiger charge is -2.33. The fourth-order valence-electron chi connectivity index (χ4n) is 1.99. The van der Waals surface area contributed by atoms with E-state index in [1.54, 1.807) is 0 Å². The Morgan fingerprint density at radius 2 is 2.00 bits per heavy atom. The van der Waals surface area contributed by atoms with Crippen LogP contribution in [0, 0.1) is 24.2 Å². The van der Waals surface area contributed by atoms with Crippen molar-refractivity contribution in [1.82, 2.24) is 10.6 Å². The van der Waals surface area contributed by atoms with Gasteiger partial charge in [-0.1, -0.05) is 29.8 Å². The van der Waals surface area contributed by atoms with Gasteiger partial charge in [-0.25, -0.2) is 0 Å². The highest BCUT2D eigenvalue weighted by molar-refractivity contribution is 7.99. The third kappa shape index (κ3) is 2.50. The van der Waals surface area contributed by atoms with Gasteiger partial charge in [-0.05, 0) is 18.7 Å². The third-order valence-electron chi connectivity index (χ3n) is 3.03. The van der Waals surface area contributed by atoms with E-state index < -0.39 is 5.92 Å². The molecule has 1 aromatic rings. The number of thioether (sulfide) groups is 1. The van der Waals surface area contributed by atoms with E-state index in [1.165, 1.54) is 11.8 Å². The van der Waals surface area contributed by atoms with Crippen molar-refractivity contribution < 1.29 is 4.79 Å². The Morgan fingerprint density at radius 1 is 1.33 bits per heavy atom. The Hall–Kier alpha value is -1.51. The van der Waals surface area contributed by atoms with Gasteiger partial charge in [0.05, 0.1) is 12.1 Å². The number of carbonyl (C=O) groups excluding carboxylic acids is 1.